The van der Waals surface area contributed by atoms with Gasteiger partial charge in [0.25, 0.3) is 0 Å². The molecule has 5 unspecified atom stereocenters. The second kappa shape index (κ2) is 9.26. The first-order chi connectivity index (χ1) is 17.5. The standard InChI is InChI=1S/C25H34F3N5O5/c1-23(2,3)17(32-22(38)25(26,27)28)20(36)33-10-14-11-4-5-12(8-11)16(14)24(33,21(30)37)15(18(29)34)9-13-6-7-31-19(13)35/h4-5,11-17H,6-10H2,1-3H3,(H2,29,34)(H2,30,37)(H,31,35)(H,32,38)/t11?,12?,13-,14?,15-,16?,17-,24?/m1/s1. The molecule has 0 aromatic heterocycles. The largest absolute Gasteiger partial charge is 0.471 e. The zero-order chi connectivity index (χ0) is 28.4. The molecule has 4 aliphatic rings. The number of halogens is 3. The van der Waals surface area contributed by atoms with Crippen LogP contribution in [0.2, 0.25) is 0 Å². The van der Waals surface area contributed by atoms with Crippen molar-refractivity contribution in [1.29, 1.82) is 0 Å². The van der Waals surface area contributed by atoms with E-state index in [1.54, 1.807) is 5.32 Å². The van der Waals surface area contributed by atoms with Crippen molar-refractivity contribution in [3.63, 3.8) is 0 Å². The zero-order valence-corrected chi connectivity index (χ0v) is 21.5. The third-order valence-electron chi connectivity index (χ3n) is 8.83. The van der Waals surface area contributed by atoms with Crippen molar-refractivity contribution in [2.45, 2.75) is 57.8 Å². The molecule has 3 fully saturated rings. The van der Waals surface area contributed by atoms with Crippen molar-refractivity contribution in [3.05, 3.63) is 12.2 Å². The number of hydrogen-bond donors (Lipinski definition) is 4. The summed E-state index contributed by atoms with van der Waals surface area (Å²) < 4.78 is 39.6. The third-order valence-corrected chi connectivity index (χ3v) is 8.83. The number of nitrogens with two attached hydrogens (primary N) is 2. The van der Waals surface area contributed by atoms with E-state index < -0.39 is 64.6 Å². The van der Waals surface area contributed by atoms with Crippen LogP contribution >= 0.6 is 0 Å². The van der Waals surface area contributed by atoms with Crippen molar-refractivity contribution in [3.8, 4) is 0 Å². The molecule has 0 spiro atoms. The number of primary amides is 2. The van der Waals surface area contributed by atoms with E-state index in [2.05, 4.69) is 5.32 Å². The van der Waals surface area contributed by atoms with E-state index >= 15 is 0 Å². The van der Waals surface area contributed by atoms with Crippen LogP contribution in [0.3, 0.4) is 0 Å². The Balaban J connectivity index is 1.84. The van der Waals surface area contributed by atoms with Crippen LogP contribution in [-0.4, -0.2) is 65.3 Å². The summed E-state index contributed by atoms with van der Waals surface area (Å²) in [5.74, 6) is -8.67. The van der Waals surface area contributed by atoms with Gasteiger partial charge in [-0.3, -0.25) is 24.0 Å². The minimum absolute atomic E-state index is 0.0253. The van der Waals surface area contributed by atoms with Gasteiger partial charge < -0.3 is 27.0 Å². The highest BCUT2D eigenvalue weighted by Crippen LogP contribution is 2.61. The summed E-state index contributed by atoms with van der Waals surface area (Å²) in [6.07, 6.45) is -0.451. The molecule has 8 atom stereocenters. The first kappa shape index (κ1) is 27.9. The van der Waals surface area contributed by atoms with Gasteiger partial charge in [0.15, 0.2) is 0 Å². The highest BCUT2D eigenvalue weighted by Gasteiger charge is 2.70. The van der Waals surface area contributed by atoms with Crippen molar-refractivity contribution < 1.29 is 37.1 Å². The Morgan fingerprint density at radius 3 is 2.29 bits per heavy atom. The molecular formula is C25H34F3N5O5. The molecule has 5 amide bonds. The first-order valence-electron chi connectivity index (χ1n) is 12.8. The highest BCUT2D eigenvalue weighted by atomic mass is 19.4. The van der Waals surface area contributed by atoms with E-state index in [1.807, 2.05) is 12.2 Å². The van der Waals surface area contributed by atoms with Gasteiger partial charge in [0.2, 0.25) is 23.6 Å². The summed E-state index contributed by atoms with van der Waals surface area (Å²) >= 11 is 0. The average Bonchev–Trinajstić information content (AvgIpc) is 3.55. The second-order valence-electron chi connectivity index (χ2n) is 12.0. The Morgan fingerprint density at radius 2 is 1.79 bits per heavy atom. The summed E-state index contributed by atoms with van der Waals surface area (Å²) in [5, 5.41) is 4.47. The normalized spacial score (nSPS) is 33.6. The molecule has 0 radical (unpaired) electrons. The Kier molecular flexibility index (Phi) is 6.80. The number of allylic oxidation sites excluding steroid dienone is 2. The van der Waals surface area contributed by atoms with Gasteiger partial charge in [-0.25, -0.2) is 0 Å². The summed E-state index contributed by atoms with van der Waals surface area (Å²) in [6, 6.07) is -1.69. The summed E-state index contributed by atoms with van der Waals surface area (Å²) in [7, 11) is 0. The van der Waals surface area contributed by atoms with Gasteiger partial charge in [-0.2, -0.15) is 13.2 Å². The van der Waals surface area contributed by atoms with E-state index in [9.17, 15) is 37.1 Å². The zero-order valence-electron chi connectivity index (χ0n) is 21.5. The number of alkyl halides is 3. The maximum Gasteiger partial charge on any atom is 0.471 e. The molecule has 0 aromatic rings. The van der Waals surface area contributed by atoms with Crippen molar-refractivity contribution in [2.75, 3.05) is 13.1 Å². The van der Waals surface area contributed by atoms with E-state index in [0.29, 0.717) is 19.4 Å². The average molecular weight is 542 g/mol. The SMILES string of the molecule is CC(C)(C)[C@H](NC(=O)C(F)(F)F)C(=O)N1CC2C3C=CC(C3)C2C1(C(N)=O)[C@H](C[C@H]1CCNC1=O)C(N)=O. The topological polar surface area (TPSA) is 165 Å². The quantitative estimate of drug-likeness (QED) is 0.338. The Hall–Kier alpha value is -3.12. The van der Waals surface area contributed by atoms with Crippen molar-refractivity contribution >= 4 is 29.5 Å². The van der Waals surface area contributed by atoms with E-state index in [4.69, 9.17) is 11.5 Å². The molecule has 13 heteroatoms. The lowest BCUT2D eigenvalue weighted by atomic mass is 9.64. The van der Waals surface area contributed by atoms with Crippen LogP contribution in [0.25, 0.3) is 0 Å². The lowest BCUT2D eigenvalue weighted by Crippen LogP contribution is -2.70. The minimum atomic E-state index is -5.25. The molecule has 0 aromatic carbocycles. The van der Waals surface area contributed by atoms with Gasteiger partial charge in [-0.1, -0.05) is 32.9 Å². The van der Waals surface area contributed by atoms with Crippen molar-refractivity contribution in [2.24, 2.45) is 52.4 Å². The lowest BCUT2D eigenvalue weighted by Gasteiger charge is -2.47. The number of carbonyl (C=O) groups is 5. The minimum Gasteiger partial charge on any atom is -0.369 e. The van der Waals surface area contributed by atoms with Gasteiger partial charge >= 0.3 is 12.1 Å². The Bertz CT molecular complexity index is 1090. The molecule has 1 saturated carbocycles. The van der Waals surface area contributed by atoms with Crippen LogP contribution < -0.4 is 22.1 Å². The number of rotatable bonds is 7. The van der Waals surface area contributed by atoms with Gasteiger partial charge in [-0.15, -0.1) is 0 Å². The third kappa shape index (κ3) is 4.33. The highest BCUT2D eigenvalue weighted by molar-refractivity contribution is 6.00. The van der Waals surface area contributed by atoms with Crippen LogP contribution in [-0.2, 0) is 24.0 Å². The van der Waals surface area contributed by atoms with Crippen molar-refractivity contribution in [1.82, 2.24) is 15.5 Å². The number of hydrogen-bond acceptors (Lipinski definition) is 5. The lowest BCUT2D eigenvalue weighted by molar-refractivity contribution is -0.177. The van der Waals surface area contributed by atoms with Gasteiger partial charge in [-0.05, 0) is 42.4 Å². The summed E-state index contributed by atoms with van der Waals surface area (Å²) in [6.45, 7) is 4.77. The summed E-state index contributed by atoms with van der Waals surface area (Å²) in [5.41, 5.74) is 8.71. The molecule has 210 valence electrons. The molecular weight excluding hydrogens is 507 g/mol. The maximum atomic E-state index is 14.2. The molecule has 6 N–H and O–H groups in total. The Morgan fingerprint density at radius 1 is 1.16 bits per heavy atom. The van der Waals surface area contributed by atoms with Gasteiger partial charge in [0.05, 0.1) is 5.92 Å². The molecule has 2 saturated heterocycles. The molecule has 2 bridgehead atoms. The van der Waals surface area contributed by atoms with Crippen LogP contribution in [0.15, 0.2) is 12.2 Å². The van der Waals surface area contributed by atoms with Gasteiger partial charge in [0.1, 0.15) is 11.6 Å². The van der Waals surface area contributed by atoms with Crippen LogP contribution in [0.4, 0.5) is 13.2 Å². The Labute approximate surface area is 218 Å². The number of nitrogens with one attached hydrogen (secondary N) is 2. The molecule has 2 heterocycles. The number of carbonyl (C=O) groups excluding carboxylic acids is 5. The van der Waals surface area contributed by atoms with Crippen LogP contribution in [0.1, 0.15) is 40.0 Å². The summed E-state index contributed by atoms with van der Waals surface area (Å²) in [4.78, 5) is 66.2. The molecule has 10 nitrogen and oxygen atoms in total. The fourth-order valence-corrected chi connectivity index (χ4v) is 7.21. The van der Waals surface area contributed by atoms with E-state index in [-0.39, 0.29) is 36.6 Å². The molecule has 2 aliphatic heterocycles. The fraction of sp³-hybridized carbons (Fsp3) is 0.720. The molecule has 4 rings (SSSR count). The monoisotopic (exact) mass is 541 g/mol. The second-order valence-corrected chi connectivity index (χ2v) is 12.0. The number of nitrogens with zero attached hydrogens (tertiary/aromatic N) is 1. The molecule has 38 heavy (non-hydrogen) atoms. The molecule has 2 aliphatic carbocycles. The number of amides is 5. The maximum absolute atomic E-state index is 14.2. The fourth-order valence-electron chi connectivity index (χ4n) is 7.21. The van der Waals surface area contributed by atoms with E-state index in [0.717, 1.165) is 4.90 Å². The van der Waals surface area contributed by atoms with Crippen LogP contribution in [0.5, 0.6) is 0 Å². The predicted molar refractivity (Wildman–Crippen MR) is 127 cm³/mol. The van der Waals surface area contributed by atoms with E-state index in [1.165, 1.54) is 20.8 Å². The van der Waals surface area contributed by atoms with Crippen LogP contribution in [0, 0.1) is 40.9 Å². The van der Waals surface area contributed by atoms with Gasteiger partial charge in [0, 0.05) is 24.9 Å². The smallest absolute Gasteiger partial charge is 0.369 e. The first-order valence-corrected chi connectivity index (χ1v) is 12.8. The predicted octanol–water partition coefficient (Wildman–Crippen LogP) is 0.212. The number of likely N-dealkylation sites (tertiary alicyclic amines) is 1. The number of fused-ring (bicyclic) bond motifs is 5.